The molecule has 0 aliphatic carbocycles. The molecule has 0 fully saturated rings. The van der Waals surface area contributed by atoms with E-state index in [9.17, 15) is 4.79 Å². The zero-order valence-electron chi connectivity index (χ0n) is 15.6. The summed E-state index contributed by atoms with van der Waals surface area (Å²) in [5.74, 6) is 0.240. The number of nitriles is 1. The molecule has 0 radical (unpaired) electrons. The Labute approximate surface area is 171 Å². The van der Waals surface area contributed by atoms with Crippen LogP contribution in [0.2, 0.25) is 0 Å². The van der Waals surface area contributed by atoms with E-state index < -0.39 is 6.03 Å². The third-order valence-electron chi connectivity index (χ3n) is 3.69. The summed E-state index contributed by atoms with van der Waals surface area (Å²) in [4.78, 5) is 22.3. The van der Waals surface area contributed by atoms with Crippen LogP contribution in [0.5, 0.6) is 0 Å². The van der Waals surface area contributed by atoms with Crippen LogP contribution in [0.4, 0.5) is 22.0 Å². The van der Waals surface area contributed by atoms with Gasteiger partial charge in [0.25, 0.3) is 0 Å². The Morgan fingerprint density at radius 2 is 1.89 bits per heavy atom. The number of nitrogens with one attached hydrogen (secondary N) is 2. The third kappa shape index (κ3) is 6.45. The van der Waals surface area contributed by atoms with Crippen LogP contribution in [-0.2, 0) is 9.47 Å². The van der Waals surface area contributed by atoms with E-state index in [-0.39, 0.29) is 11.5 Å². The van der Waals surface area contributed by atoms with Crippen molar-refractivity contribution in [3.05, 3.63) is 40.8 Å². The van der Waals surface area contributed by atoms with Gasteiger partial charge in [-0.15, -0.1) is 0 Å². The molecule has 28 heavy (non-hydrogen) atoms. The highest BCUT2D eigenvalue weighted by Crippen LogP contribution is 2.29. The molecule has 0 aliphatic rings. The van der Waals surface area contributed by atoms with Gasteiger partial charge in [0.15, 0.2) is 11.5 Å². The summed E-state index contributed by atoms with van der Waals surface area (Å²) in [5, 5.41) is 14.2. The number of halogens is 1. The summed E-state index contributed by atoms with van der Waals surface area (Å²) in [6, 6.07) is 7.02. The monoisotopic (exact) mass is 448 g/mol. The highest BCUT2D eigenvalue weighted by molar-refractivity contribution is 9.10. The second kappa shape index (κ2) is 11.2. The molecule has 2 rings (SSSR count). The Balaban J connectivity index is 2.17. The lowest BCUT2D eigenvalue weighted by molar-refractivity contribution is 0.190. The zero-order valence-corrected chi connectivity index (χ0v) is 17.2. The van der Waals surface area contributed by atoms with Crippen molar-refractivity contribution in [2.24, 2.45) is 0 Å². The fourth-order valence-electron chi connectivity index (χ4n) is 2.36. The fraction of sp³-hybridized carbons (Fsp3) is 0.333. The molecule has 2 N–H and O–H groups in total. The maximum Gasteiger partial charge on any atom is 0.324 e. The third-order valence-corrected chi connectivity index (χ3v) is 4.18. The van der Waals surface area contributed by atoms with Crippen LogP contribution in [0.25, 0.3) is 0 Å². The highest BCUT2D eigenvalue weighted by atomic mass is 79.9. The summed E-state index contributed by atoms with van der Waals surface area (Å²) >= 11 is 3.43. The second-order valence-electron chi connectivity index (χ2n) is 5.61. The molecule has 0 saturated carbocycles. The number of nitrogens with zero attached hydrogens (tertiary/aromatic N) is 4. The minimum absolute atomic E-state index is 0.173. The Bertz CT molecular complexity index is 817. The lowest BCUT2D eigenvalue weighted by Gasteiger charge is -2.27. The molecule has 0 spiro atoms. The molecular formula is C18H21BrN6O3. The van der Waals surface area contributed by atoms with Crippen molar-refractivity contribution in [1.82, 2.24) is 9.97 Å². The van der Waals surface area contributed by atoms with Crippen LogP contribution in [0.1, 0.15) is 5.69 Å². The zero-order chi connectivity index (χ0) is 20.4. The fourth-order valence-corrected chi connectivity index (χ4v) is 2.72. The van der Waals surface area contributed by atoms with E-state index in [0.29, 0.717) is 32.0 Å². The molecule has 0 unspecified atom stereocenters. The van der Waals surface area contributed by atoms with E-state index in [1.165, 1.54) is 12.4 Å². The summed E-state index contributed by atoms with van der Waals surface area (Å²) in [6.45, 7) is 2.34. The van der Waals surface area contributed by atoms with Crippen LogP contribution in [0, 0.1) is 11.3 Å². The maximum absolute atomic E-state index is 12.4. The molecule has 0 atom stereocenters. The Kier molecular flexibility index (Phi) is 8.61. The molecule has 0 saturated heterocycles. The van der Waals surface area contributed by atoms with Crippen molar-refractivity contribution >= 4 is 39.2 Å². The number of aromatic nitrogens is 2. The van der Waals surface area contributed by atoms with E-state index in [1.807, 2.05) is 24.3 Å². The highest BCUT2D eigenvalue weighted by Gasteiger charge is 2.14. The lowest BCUT2D eigenvalue weighted by Crippen LogP contribution is -2.32. The predicted molar refractivity (Wildman–Crippen MR) is 109 cm³/mol. The van der Waals surface area contributed by atoms with Crippen molar-refractivity contribution in [3.8, 4) is 6.07 Å². The smallest absolute Gasteiger partial charge is 0.324 e. The van der Waals surface area contributed by atoms with Crippen molar-refractivity contribution in [1.29, 1.82) is 5.26 Å². The molecule has 9 nitrogen and oxygen atoms in total. The number of amides is 2. The summed E-state index contributed by atoms with van der Waals surface area (Å²) in [5.41, 5.74) is 1.62. The Morgan fingerprint density at radius 1 is 1.18 bits per heavy atom. The van der Waals surface area contributed by atoms with Gasteiger partial charge in [0.1, 0.15) is 6.07 Å². The second-order valence-corrected chi connectivity index (χ2v) is 6.53. The topological polar surface area (TPSA) is 112 Å². The van der Waals surface area contributed by atoms with Crippen molar-refractivity contribution in [3.63, 3.8) is 0 Å². The summed E-state index contributed by atoms with van der Waals surface area (Å²) in [7, 11) is 3.28. The number of rotatable bonds is 9. The quantitative estimate of drug-likeness (QED) is 0.606. The molecule has 1 heterocycles. The van der Waals surface area contributed by atoms with E-state index in [0.717, 1.165) is 10.2 Å². The maximum atomic E-state index is 12.4. The van der Waals surface area contributed by atoms with Gasteiger partial charge in [0, 0.05) is 31.8 Å². The van der Waals surface area contributed by atoms with Gasteiger partial charge in [-0.2, -0.15) is 5.26 Å². The van der Waals surface area contributed by atoms with Crippen LogP contribution in [-0.4, -0.2) is 56.5 Å². The Hall–Kier alpha value is -2.74. The average molecular weight is 449 g/mol. The van der Waals surface area contributed by atoms with Crippen LogP contribution < -0.4 is 15.5 Å². The molecule has 1 aromatic heterocycles. The van der Waals surface area contributed by atoms with Gasteiger partial charge in [-0.05, 0) is 18.2 Å². The van der Waals surface area contributed by atoms with E-state index >= 15 is 0 Å². The number of hydrogen-bond acceptors (Lipinski definition) is 7. The minimum atomic E-state index is -0.475. The molecule has 10 heteroatoms. The number of hydrogen-bond donors (Lipinski definition) is 2. The van der Waals surface area contributed by atoms with E-state index in [4.69, 9.17) is 14.7 Å². The number of carbonyl (C=O) groups excluding carboxylic acids is 1. The first-order valence-corrected chi connectivity index (χ1v) is 9.19. The number of urea groups is 1. The predicted octanol–water partition coefficient (Wildman–Crippen LogP) is 2.85. The molecular weight excluding hydrogens is 428 g/mol. The van der Waals surface area contributed by atoms with Gasteiger partial charge in [-0.3, -0.25) is 5.32 Å². The first kappa shape index (κ1) is 21.6. The van der Waals surface area contributed by atoms with Crippen LogP contribution >= 0.6 is 15.9 Å². The standard InChI is InChI=1S/C18H21BrN6O3/c1-27-7-5-25(6-8-28-2)16-4-3-13(19)9-15(16)23-18(26)24-17-12-21-14(10-20)11-22-17/h3-4,9,11-12H,5-8H2,1-2H3,(H2,22,23,24,26). The van der Waals surface area contributed by atoms with Gasteiger partial charge < -0.3 is 19.7 Å². The minimum Gasteiger partial charge on any atom is -0.383 e. The largest absolute Gasteiger partial charge is 0.383 e. The van der Waals surface area contributed by atoms with Gasteiger partial charge in [0.2, 0.25) is 0 Å². The normalized spacial score (nSPS) is 10.2. The van der Waals surface area contributed by atoms with Gasteiger partial charge in [-0.25, -0.2) is 14.8 Å². The molecule has 1 aromatic carbocycles. The lowest BCUT2D eigenvalue weighted by atomic mass is 10.2. The molecule has 2 aromatic rings. The van der Waals surface area contributed by atoms with Gasteiger partial charge >= 0.3 is 6.03 Å². The Morgan fingerprint density at radius 3 is 2.46 bits per heavy atom. The van der Waals surface area contributed by atoms with Gasteiger partial charge in [0.05, 0.1) is 37.0 Å². The van der Waals surface area contributed by atoms with Crippen molar-refractivity contribution < 1.29 is 14.3 Å². The van der Waals surface area contributed by atoms with E-state index in [2.05, 4.69) is 41.4 Å². The molecule has 0 aliphatic heterocycles. The van der Waals surface area contributed by atoms with Crippen LogP contribution in [0.3, 0.4) is 0 Å². The first-order valence-electron chi connectivity index (χ1n) is 8.40. The van der Waals surface area contributed by atoms with E-state index in [1.54, 1.807) is 14.2 Å². The van der Waals surface area contributed by atoms with Crippen molar-refractivity contribution in [2.75, 3.05) is 56.1 Å². The van der Waals surface area contributed by atoms with Crippen molar-refractivity contribution in [2.45, 2.75) is 0 Å². The number of ether oxygens (including phenoxy) is 2. The molecule has 2 amide bonds. The SMILES string of the molecule is COCCN(CCOC)c1ccc(Br)cc1NC(=O)Nc1cnc(C#N)cn1. The van der Waals surface area contributed by atoms with Gasteiger partial charge in [-0.1, -0.05) is 15.9 Å². The summed E-state index contributed by atoms with van der Waals surface area (Å²) < 4.78 is 11.2. The first-order chi connectivity index (χ1) is 13.6. The molecule has 148 valence electrons. The number of carbonyl (C=O) groups is 1. The number of benzene rings is 1. The average Bonchev–Trinajstić information content (AvgIpc) is 2.69. The summed E-state index contributed by atoms with van der Waals surface area (Å²) in [6.07, 6.45) is 2.61. The van der Waals surface area contributed by atoms with Crippen LogP contribution in [0.15, 0.2) is 35.1 Å². The number of anilines is 3. The molecule has 0 bridgehead atoms. The number of methoxy groups -OCH3 is 2.